The number of benzene rings is 1. The molecule has 2 aromatic rings. The summed E-state index contributed by atoms with van der Waals surface area (Å²) in [6, 6.07) is 5.18. The number of Topliss-reactive ketones (excluding diaryl/α,β-unsaturated/α-hetero) is 1. The van der Waals surface area contributed by atoms with Crippen LogP contribution in [0.25, 0.3) is 0 Å². The minimum absolute atomic E-state index is 0.0236. The number of nitrogens with zero attached hydrogens (tertiary/aromatic N) is 2. The van der Waals surface area contributed by atoms with Crippen molar-refractivity contribution < 1.29 is 13.6 Å². The highest BCUT2D eigenvalue weighted by Gasteiger charge is 2.19. The van der Waals surface area contributed by atoms with E-state index in [2.05, 4.69) is 15.3 Å². The number of carbonyl (C=O) groups excluding carboxylic acids is 1. The number of aliphatic imine (C=N–C) groups is 1. The van der Waals surface area contributed by atoms with Gasteiger partial charge in [0, 0.05) is 29.2 Å². The standard InChI is InChI=1S/C15H11F2N3O/c16-12-2-1-9(5-13(12)17)19-7-10-6-15(21)11-3-4-18-8-14(11)20-10/h1-5,8,19H,6-7H2. The van der Waals surface area contributed by atoms with Gasteiger partial charge in [-0.05, 0) is 18.2 Å². The van der Waals surface area contributed by atoms with Gasteiger partial charge in [-0.2, -0.15) is 0 Å². The summed E-state index contributed by atoms with van der Waals surface area (Å²) >= 11 is 0. The second kappa shape index (κ2) is 5.40. The van der Waals surface area contributed by atoms with Crippen LogP contribution in [0.15, 0.2) is 41.7 Å². The molecule has 1 aliphatic rings. The summed E-state index contributed by atoms with van der Waals surface area (Å²) in [4.78, 5) is 20.2. The summed E-state index contributed by atoms with van der Waals surface area (Å²) in [6.45, 7) is 0.283. The maximum atomic E-state index is 13.1. The Morgan fingerprint density at radius 3 is 2.86 bits per heavy atom. The van der Waals surface area contributed by atoms with Crippen LogP contribution in [0, 0.1) is 11.6 Å². The van der Waals surface area contributed by atoms with E-state index in [1.165, 1.54) is 12.3 Å². The molecule has 21 heavy (non-hydrogen) atoms. The third kappa shape index (κ3) is 2.79. The Kier molecular flexibility index (Phi) is 3.43. The number of ketones is 1. The quantitative estimate of drug-likeness (QED) is 0.943. The molecule has 0 atom stereocenters. The zero-order chi connectivity index (χ0) is 14.8. The van der Waals surface area contributed by atoms with E-state index in [-0.39, 0.29) is 18.7 Å². The monoisotopic (exact) mass is 287 g/mol. The molecule has 1 aliphatic heterocycles. The summed E-state index contributed by atoms with van der Waals surface area (Å²) in [7, 11) is 0. The zero-order valence-electron chi connectivity index (χ0n) is 10.9. The molecule has 106 valence electrons. The first-order valence-electron chi connectivity index (χ1n) is 6.36. The molecule has 0 saturated heterocycles. The van der Waals surface area contributed by atoms with E-state index < -0.39 is 11.6 Å². The van der Waals surface area contributed by atoms with Crippen molar-refractivity contribution in [3.63, 3.8) is 0 Å². The predicted octanol–water partition coefficient (Wildman–Crippen LogP) is 3.13. The molecule has 0 aliphatic carbocycles. The van der Waals surface area contributed by atoms with E-state index in [1.807, 2.05) is 0 Å². The summed E-state index contributed by atoms with van der Waals surface area (Å²) < 4.78 is 25.9. The van der Waals surface area contributed by atoms with Gasteiger partial charge in [0.05, 0.1) is 24.8 Å². The number of anilines is 1. The van der Waals surface area contributed by atoms with Crippen molar-refractivity contribution in [2.75, 3.05) is 11.9 Å². The minimum atomic E-state index is -0.920. The molecule has 6 heteroatoms. The lowest BCUT2D eigenvalue weighted by Gasteiger charge is -2.15. The van der Waals surface area contributed by atoms with Gasteiger partial charge in [-0.15, -0.1) is 0 Å². The number of aromatic nitrogens is 1. The summed E-state index contributed by atoms with van der Waals surface area (Å²) in [6.07, 6.45) is 3.29. The molecule has 0 unspecified atom stereocenters. The molecule has 1 aromatic heterocycles. The highest BCUT2D eigenvalue weighted by atomic mass is 19.2. The number of pyridine rings is 1. The van der Waals surface area contributed by atoms with Crippen molar-refractivity contribution in [3.8, 4) is 0 Å². The minimum Gasteiger partial charge on any atom is -0.380 e. The lowest BCUT2D eigenvalue weighted by atomic mass is 10.0. The van der Waals surface area contributed by atoms with Crippen LogP contribution < -0.4 is 5.32 Å². The summed E-state index contributed by atoms with van der Waals surface area (Å²) in [5.74, 6) is -1.84. The first kappa shape index (κ1) is 13.4. The van der Waals surface area contributed by atoms with Gasteiger partial charge in [0.2, 0.25) is 0 Å². The van der Waals surface area contributed by atoms with Crippen LogP contribution in [0.4, 0.5) is 20.2 Å². The molecule has 0 spiro atoms. The maximum Gasteiger partial charge on any atom is 0.170 e. The predicted molar refractivity (Wildman–Crippen MR) is 75.1 cm³/mol. The van der Waals surface area contributed by atoms with Crippen molar-refractivity contribution in [1.82, 2.24) is 4.98 Å². The first-order chi connectivity index (χ1) is 10.1. The van der Waals surface area contributed by atoms with E-state index in [0.717, 1.165) is 12.1 Å². The van der Waals surface area contributed by atoms with E-state index in [1.54, 1.807) is 12.3 Å². The fourth-order valence-electron chi connectivity index (χ4n) is 2.11. The average Bonchev–Trinajstić information content (AvgIpc) is 2.49. The molecule has 1 aromatic carbocycles. The van der Waals surface area contributed by atoms with Crippen molar-refractivity contribution >= 4 is 22.9 Å². The number of carbonyl (C=O) groups is 1. The SMILES string of the molecule is O=C1CC(CNc2ccc(F)c(F)c2)=Nc2cnccc21. The highest BCUT2D eigenvalue weighted by molar-refractivity contribution is 6.16. The second-order valence-corrected chi connectivity index (χ2v) is 4.65. The van der Waals surface area contributed by atoms with E-state index in [9.17, 15) is 13.6 Å². The van der Waals surface area contributed by atoms with Gasteiger partial charge in [0.25, 0.3) is 0 Å². The van der Waals surface area contributed by atoms with Crippen LogP contribution in [0.5, 0.6) is 0 Å². The van der Waals surface area contributed by atoms with Crippen LogP contribution in [0.2, 0.25) is 0 Å². The van der Waals surface area contributed by atoms with Crippen molar-refractivity contribution in [2.45, 2.75) is 6.42 Å². The zero-order valence-corrected chi connectivity index (χ0v) is 10.9. The number of rotatable bonds is 3. The Labute approximate surface area is 119 Å². The van der Waals surface area contributed by atoms with Gasteiger partial charge >= 0.3 is 0 Å². The van der Waals surface area contributed by atoms with Crippen LogP contribution >= 0.6 is 0 Å². The average molecular weight is 287 g/mol. The molecule has 0 saturated carbocycles. The van der Waals surface area contributed by atoms with Gasteiger partial charge in [-0.25, -0.2) is 8.78 Å². The van der Waals surface area contributed by atoms with Crippen LogP contribution in [0.3, 0.4) is 0 Å². The number of halogens is 2. The summed E-state index contributed by atoms with van der Waals surface area (Å²) in [5.41, 5.74) is 2.16. The highest BCUT2D eigenvalue weighted by Crippen LogP contribution is 2.24. The molecular weight excluding hydrogens is 276 g/mol. The van der Waals surface area contributed by atoms with Crippen molar-refractivity contribution in [1.29, 1.82) is 0 Å². The molecule has 4 nitrogen and oxygen atoms in total. The normalized spacial score (nSPS) is 13.6. The van der Waals surface area contributed by atoms with Gasteiger partial charge in [-0.3, -0.25) is 14.8 Å². The Morgan fingerprint density at radius 2 is 2.05 bits per heavy atom. The van der Waals surface area contributed by atoms with Crippen molar-refractivity contribution in [2.24, 2.45) is 4.99 Å². The fraction of sp³-hybridized carbons (Fsp3) is 0.133. The number of nitrogens with one attached hydrogen (secondary N) is 1. The number of fused-ring (bicyclic) bond motifs is 1. The van der Waals surface area contributed by atoms with Crippen molar-refractivity contribution in [3.05, 3.63) is 53.9 Å². The lowest BCUT2D eigenvalue weighted by molar-refractivity contribution is 0.0999. The first-order valence-corrected chi connectivity index (χ1v) is 6.36. The van der Waals surface area contributed by atoms with E-state index in [4.69, 9.17) is 0 Å². The lowest BCUT2D eigenvalue weighted by Crippen LogP contribution is -2.21. The maximum absolute atomic E-state index is 13.1. The van der Waals surface area contributed by atoms with Gasteiger partial charge in [0.1, 0.15) is 0 Å². The largest absolute Gasteiger partial charge is 0.380 e. The molecule has 0 amide bonds. The van der Waals surface area contributed by atoms with Crippen LogP contribution in [-0.2, 0) is 0 Å². The molecule has 1 N–H and O–H groups in total. The third-order valence-corrected chi connectivity index (χ3v) is 3.16. The molecule has 0 radical (unpaired) electrons. The fourth-order valence-corrected chi connectivity index (χ4v) is 2.11. The van der Waals surface area contributed by atoms with Gasteiger partial charge < -0.3 is 5.32 Å². The van der Waals surface area contributed by atoms with Crippen LogP contribution in [0.1, 0.15) is 16.8 Å². The number of hydrogen-bond acceptors (Lipinski definition) is 4. The topological polar surface area (TPSA) is 54.4 Å². The molecule has 0 fully saturated rings. The van der Waals surface area contributed by atoms with Gasteiger partial charge in [-0.1, -0.05) is 0 Å². The molecule has 0 bridgehead atoms. The Hall–Kier alpha value is -2.63. The summed E-state index contributed by atoms with van der Waals surface area (Å²) in [5, 5.41) is 2.92. The second-order valence-electron chi connectivity index (χ2n) is 4.65. The Balaban J connectivity index is 1.76. The Morgan fingerprint density at radius 1 is 1.19 bits per heavy atom. The molecule has 3 rings (SSSR count). The molecule has 2 heterocycles. The van der Waals surface area contributed by atoms with Crippen LogP contribution in [-0.4, -0.2) is 23.0 Å². The smallest absolute Gasteiger partial charge is 0.170 e. The third-order valence-electron chi connectivity index (χ3n) is 3.16. The molecular formula is C15H11F2N3O. The van der Waals surface area contributed by atoms with E-state index in [0.29, 0.717) is 22.6 Å². The number of hydrogen-bond donors (Lipinski definition) is 1. The Bertz CT molecular complexity index is 743. The van der Waals surface area contributed by atoms with E-state index >= 15 is 0 Å². The van der Waals surface area contributed by atoms with Gasteiger partial charge in [0.15, 0.2) is 17.4 Å².